The van der Waals surface area contributed by atoms with Crippen molar-refractivity contribution in [3.05, 3.63) is 84.7 Å². The molecule has 7 heteroatoms. The van der Waals surface area contributed by atoms with Crippen LogP contribution in [-0.2, 0) is 9.59 Å². The summed E-state index contributed by atoms with van der Waals surface area (Å²) in [4.78, 5) is 30.5. The van der Waals surface area contributed by atoms with E-state index < -0.39 is 0 Å². The molecule has 0 saturated carbocycles. The number of anilines is 2. The predicted molar refractivity (Wildman–Crippen MR) is 123 cm³/mol. The lowest BCUT2D eigenvalue weighted by Crippen LogP contribution is -3.19. The number of quaternary nitrogens is 1. The van der Waals surface area contributed by atoms with Crippen LogP contribution >= 0.6 is 0 Å². The number of halogens is 1. The first-order valence-corrected chi connectivity index (χ1v) is 11.1. The molecule has 2 aliphatic heterocycles. The highest BCUT2D eigenvalue weighted by molar-refractivity contribution is 6.21. The number of ether oxygens (including phenoxy) is 1. The molecule has 3 aromatic rings. The second kappa shape index (κ2) is 9.03. The lowest BCUT2D eigenvalue weighted by atomic mass is 10.1. The fourth-order valence-corrected chi connectivity index (χ4v) is 4.56. The molecule has 2 fully saturated rings. The molecular weight excluding hydrogens is 421 g/mol. The van der Waals surface area contributed by atoms with Crippen molar-refractivity contribution in [1.82, 2.24) is 0 Å². The molecular formula is C26H25FN3O3+. The van der Waals surface area contributed by atoms with Crippen molar-refractivity contribution in [2.75, 3.05) is 36.0 Å². The maximum Gasteiger partial charge on any atom is 0.292 e. The summed E-state index contributed by atoms with van der Waals surface area (Å²) in [5.41, 5.74) is 1.54. The van der Waals surface area contributed by atoms with Gasteiger partial charge in [0.1, 0.15) is 17.3 Å². The van der Waals surface area contributed by atoms with Crippen molar-refractivity contribution in [2.24, 2.45) is 0 Å². The number of imide groups is 1. The third kappa shape index (κ3) is 4.45. The number of amides is 2. The van der Waals surface area contributed by atoms with Gasteiger partial charge in [0.05, 0.1) is 38.3 Å². The molecule has 0 radical (unpaired) electrons. The van der Waals surface area contributed by atoms with Gasteiger partial charge in [-0.05, 0) is 60.7 Å². The lowest BCUT2D eigenvalue weighted by molar-refractivity contribution is -0.915. The molecule has 2 amide bonds. The number of hydrogen-bond donors (Lipinski definition) is 1. The van der Waals surface area contributed by atoms with E-state index in [1.165, 1.54) is 17.0 Å². The smallest absolute Gasteiger partial charge is 0.292 e. The average molecular weight is 447 g/mol. The maximum atomic E-state index is 13.2. The molecule has 168 valence electrons. The van der Waals surface area contributed by atoms with Crippen molar-refractivity contribution in [2.45, 2.75) is 12.5 Å². The quantitative estimate of drug-likeness (QED) is 0.613. The minimum atomic E-state index is -0.367. The summed E-state index contributed by atoms with van der Waals surface area (Å²) in [6, 6.07) is 22.6. The zero-order valence-corrected chi connectivity index (χ0v) is 18.1. The summed E-state index contributed by atoms with van der Waals surface area (Å²) >= 11 is 0. The minimum absolute atomic E-state index is 0.151. The molecule has 3 aromatic carbocycles. The van der Waals surface area contributed by atoms with E-state index in [0.29, 0.717) is 11.4 Å². The summed E-state index contributed by atoms with van der Waals surface area (Å²) in [5, 5.41) is 0. The molecule has 1 N–H and O–H groups in total. The van der Waals surface area contributed by atoms with Crippen molar-refractivity contribution in [3.8, 4) is 11.5 Å². The van der Waals surface area contributed by atoms with E-state index in [9.17, 15) is 14.0 Å². The van der Waals surface area contributed by atoms with Crippen LogP contribution in [-0.4, -0.2) is 44.0 Å². The monoisotopic (exact) mass is 446 g/mol. The van der Waals surface area contributed by atoms with Crippen LogP contribution in [0.1, 0.15) is 6.42 Å². The van der Waals surface area contributed by atoms with Gasteiger partial charge < -0.3 is 14.5 Å². The fraction of sp³-hybridized carbons (Fsp3) is 0.231. The highest BCUT2D eigenvalue weighted by Crippen LogP contribution is 2.27. The third-order valence-electron chi connectivity index (χ3n) is 6.31. The van der Waals surface area contributed by atoms with Gasteiger partial charge in [-0.2, -0.15) is 0 Å². The summed E-state index contributed by atoms with van der Waals surface area (Å²) in [5.74, 6) is 0.792. The molecule has 2 saturated heterocycles. The van der Waals surface area contributed by atoms with Crippen LogP contribution in [0.25, 0.3) is 0 Å². The Morgan fingerprint density at radius 1 is 0.788 bits per heavy atom. The zero-order chi connectivity index (χ0) is 22.8. The first kappa shape index (κ1) is 21.2. The number of benzene rings is 3. The number of nitrogens with one attached hydrogen (secondary N) is 1. The Kier molecular flexibility index (Phi) is 5.79. The zero-order valence-electron chi connectivity index (χ0n) is 18.1. The molecule has 0 bridgehead atoms. The molecule has 0 spiro atoms. The maximum absolute atomic E-state index is 13.2. The van der Waals surface area contributed by atoms with E-state index in [1.54, 1.807) is 36.4 Å². The average Bonchev–Trinajstić information content (AvgIpc) is 3.15. The first-order valence-electron chi connectivity index (χ1n) is 11.1. The molecule has 2 heterocycles. The van der Waals surface area contributed by atoms with Gasteiger partial charge in [0, 0.05) is 5.69 Å². The van der Waals surface area contributed by atoms with Gasteiger partial charge in [-0.1, -0.05) is 18.2 Å². The molecule has 0 unspecified atom stereocenters. The van der Waals surface area contributed by atoms with Crippen LogP contribution in [0.2, 0.25) is 0 Å². The Balaban J connectivity index is 1.22. The van der Waals surface area contributed by atoms with Crippen LogP contribution in [0.5, 0.6) is 11.5 Å². The van der Waals surface area contributed by atoms with Crippen LogP contribution in [0.4, 0.5) is 15.8 Å². The summed E-state index contributed by atoms with van der Waals surface area (Å²) in [7, 11) is 0. The van der Waals surface area contributed by atoms with Gasteiger partial charge >= 0.3 is 0 Å². The van der Waals surface area contributed by atoms with Gasteiger partial charge in [0.25, 0.3) is 5.91 Å². The number of carbonyl (C=O) groups excluding carboxylic acids is 2. The van der Waals surface area contributed by atoms with Crippen LogP contribution < -0.4 is 19.4 Å². The summed E-state index contributed by atoms with van der Waals surface area (Å²) < 4.78 is 19.0. The number of rotatable bonds is 5. The van der Waals surface area contributed by atoms with Crippen LogP contribution in [0.3, 0.4) is 0 Å². The van der Waals surface area contributed by atoms with E-state index in [1.807, 2.05) is 30.3 Å². The Hall–Kier alpha value is -3.71. The third-order valence-corrected chi connectivity index (χ3v) is 6.31. The van der Waals surface area contributed by atoms with Crippen molar-refractivity contribution < 1.29 is 23.6 Å². The van der Waals surface area contributed by atoms with Crippen LogP contribution in [0.15, 0.2) is 78.9 Å². The normalized spacial score (nSPS) is 19.2. The fourth-order valence-electron chi connectivity index (χ4n) is 4.56. The Morgan fingerprint density at radius 3 is 2.06 bits per heavy atom. The number of hydrogen-bond acceptors (Lipinski definition) is 4. The number of para-hydroxylation sites is 1. The van der Waals surface area contributed by atoms with Crippen LogP contribution in [0, 0.1) is 5.82 Å². The second-order valence-electron chi connectivity index (χ2n) is 8.35. The van der Waals surface area contributed by atoms with Crippen molar-refractivity contribution >= 4 is 23.2 Å². The van der Waals surface area contributed by atoms with Gasteiger partial charge in [-0.15, -0.1) is 0 Å². The van der Waals surface area contributed by atoms with E-state index in [-0.39, 0.29) is 30.1 Å². The van der Waals surface area contributed by atoms with E-state index in [2.05, 4.69) is 4.90 Å². The minimum Gasteiger partial charge on any atom is -0.457 e. The largest absolute Gasteiger partial charge is 0.457 e. The van der Waals surface area contributed by atoms with E-state index in [4.69, 9.17) is 4.74 Å². The summed E-state index contributed by atoms with van der Waals surface area (Å²) in [6.07, 6.45) is 0.215. The van der Waals surface area contributed by atoms with Crippen molar-refractivity contribution in [1.29, 1.82) is 0 Å². The molecule has 6 nitrogen and oxygen atoms in total. The lowest BCUT2D eigenvalue weighted by Gasteiger charge is -2.35. The van der Waals surface area contributed by atoms with E-state index in [0.717, 1.165) is 42.5 Å². The second-order valence-corrected chi connectivity index (χ2v) is 8.35. The van der Waals surface area contributed by atoms with Gasteiger partial charge in [-0.25, -0.2) is 9.29 Å². The molecule has 2 aliphatic rings. The Bertz CT molecular complexity index is 1130. The Morgan fingerprint density at radius 2 is 1.39 bits per heavy atom. The number of nitrogens with zero attached hydrogens (tertiary/aromatic N) is 2. The Labute approximate surface area is 191 Å². The topological polar surface area (TPSA) is 54.3 Å². The molecule has 0 aliphatic carbocycles. The standard InChI is InChI=1S/C26H24FN3O3/c27-19-6-8-20(9-7-19)28-14-16-29(17-15-28)24-18-25(31)30(26(24)32)21-10-12-23(13-11-21)33-22-4-2-1-3-5-22/h1-13,24H,14-18H2/p+1/t24-/m0/s1. The first-order chi connectivity index (χ1) is 16.1. The molecule has 1 atom stereocenters. The van der Waals surface area contributed by atoms with Gasteiger partial charge in [-0.3, -0.25) is 9.59 Å². The predicted octanol–water partition coefficient (Wildman–Crippen LogP) is 2.66. The van der Waals surface area contributed by atoms with Gasteiger partial charge in [0.2, 0.25) is 5.91 Å². The number of piperazine rings is 1. The molecule has 0 aromatic heterocycles. The highest BCUT2D eigenvalue weighted by atomic mass is 19.1. The van der Waals surface area contributed by atoms with Crippen molar-refractivity contribution in [3.63, 3.8) is 0 Å². The molecule has 5 rings (SSSR count). The summed E-state index contributed by atoms with van der Waals surface area (Å²) in [6.45, 7) is 3.01. The van der Waals surface area contributed by atoms with Gasteiger partial charge in [0.15, 0.2) is 6.04 Å². The molecule has 33 heavy (non-hydrogen) atoms. The highest BCUT2D eigenvalue weighted by Gasteiger charge is 2.46. The SMILES string of the molecule is O=C1C[C@H]([NH+]2CCN(c3ccc(F)cc3)CC2)C(=O)N1c1ccc(Oc2ccccc2)cc1. The van der Waals surface area contributed by atoms with E-state index >= 15 is 0 Å². The number of carbonyl (C=O) groups is 2.